The summed E-state index contributed by atoms with van der Waals surface area (Å²) in [6.45, 7) is 2.53. The molecule has 0 spiro atoms. The lowest BCUT2D eigenvalue weighted by molar-refractivity contribution is -0.384. The number of amides is 1. The van der Waals surface area contributed by atoms with Gasteiger partial charge in [-0.2, -0.15) is 0 Å². The molecule has 0 aliphatic heterocycles. The van der Waals surface area contributed by atoms with Crippen LogP contribution < -0.4 is 10.6 Å². The first-order chi connectivity index (χ1) is 8.61. The van der Waals surface area contributed by atoms with Crippen molar-refractivity contribution in [3.8, 4) is 0 Å². The zero-order valence-electron chi connectivity index (χ0n) is 10.5. The van der Waals surface area contributed by atoms with Gasteiger partial charge in [0.05, 0.1) is 4.92 Å². The Morgan fingerprint density at radius 1 is 1.44 bits per heavy atom. The van der Waals surface area contributed by atoms with Crippen LogP contribution in [-0.2, 0) is 0 Å². The van der Waals surface area contributed by atoms with Gasteiger partial charge in [0.2, 0.25) is 0 Å². The van der Waals surface area contributed by atoms with E-state index in [9.17, 15) is 14.9 Å². The highest BCUT2D eigenvalue weighted by Crippen LogP contribution is 2.28. The molecule has 0 aliphatic carbocycles. The Kier molecular flexibility index (Phi) is 5.10. The van der Waals surface area contributed by atoms with Gasteiger partial charge in [0.15, 0.2) is 0 Å². The van der Waals surface area contributed by atoms with Crippen LogP contribution in [0.3, 0.4) is 0 Å². The summed E-state index contributed by atoms with van der Waals surface area (Å²) in [4.78, 5) is 22.3. The van der Waals surface area contributed by atoms with Crippen LogP contribution in [0, 0.1) is 10.1 Å². The van der Waals surface area contributed by atoms with E-state index in [0.717, 1.165) is 12.8 Å². The van der Waals surface area contributed by atoms with Crippen LogP contribution in [-0.4, -0.2) is 24.4 Å². The number of para-hydroxylation sites is 1. The number of nitro benzene ring substituents is 1. The molecule has 6 heteroatoms. The summed E-state index contributed by atoms with van der Waals surface area (Å²) < 4.78 is 0. The molecule has 1 aromatic carbocycles. The lowest BCUT2D eigenvalue weighted by Gasteiger charge is -2.08. The van der Waals surface area contributed by atoms with Crippen molar-refractivity contribution in [2.75, 3.05) is 18.9 Å². The molecule has 1 amide bonds. The average Bonchev–Trinajstić information content (AvgIpc) is 2.37. The number of rotatable bonds is 6. The molecule has 0 atom stereocenters. The summed E-state index contributed by atoms with van der Waals surface area (Å²) in [5.41, 5.74) is 0.236. The van der Waals surface area contributed by atoms with Crippen molar-refractivity contribution in [1.82, 2.24) is 5.32 Å². The van der Waals surface area contributed by atoms with Crippen LogP contribution in [0.1, 0.15) is 30.1 Å². The van der Waals surface area contributed by atoms with Gasteiger partial charge in [-0.3, -0.25) is 14.9 Å². The Bertz CT molecular complexity index is 446. The molecule has 98 valence electrons. The fraction of sp³-hybridized carbons (Fsp3) is 0.417. The zero-order valence-corrected chi connectivity index (χ0v) is 10.5. The quantitative estimate of drug-likeness (QED) is 0.461. The molecule has 0 bridgehead atoms. The summed E-state index contributed by atoms with van der Waals surface area (Å²) in [5.74, 6) is -0.410. The van der Waals surface area contributed by atoms with E-state index in [2.05, 4.69) is 10.6 Å². The molecule has 0 unspecified atom stereocenters. The van der Waals surface area contributed by atoms with E-state index in [1.54, 1.807) is 19.2 Å². The maximum atomic E-state index is 11.9. The van der Waals surface area contributed by atoms with Crippen molar-refractivity contribution in [2.24, 2.45) is 0 Å². The molecular formula is C12H17N3O3. The van der Waals surface area contributed by atoms with Crippen molar-refractivity contribution in [3.63, 3.8) is 0 Å². The largest absolute Gasteiger partial charge is 0.383 e. The zero-order chi connectivity index (χ0) is 13.5. The van der Waals surface area contributed by atoms with E-state index in [1.807, 2.05) is 6.92 Å². The number of anilines is 1. The molecule has 0 saturated heterocycles. The lowest BCUT2D eigenvalue weighted by Crippen LogP contribution is -2.25. The van der Waals surface area contributed by atoms with Crippen LogP contribution in [0.25, 0.3) is 0 Å². The number of carbonyl (C=O) groups excluding carboxylic acids is 1. The first-order valence-corrected chi connectivity index (χ1v) is 5.85. The van der Waals surface area contributed by atoms with Crippen LogP contribution in [0.2, 0.25) is 0 Å². The number of benzene rings is 1. The molecule has 2 N–H and O–H groups in total. The third-order valence-corrected chi connectivity index (χ3v) is 2.55. The van der Waals surface area contributed by atoms with Gasteiger partial charge in [-0.05, 0) is 18.6 Å². The third kappa shape index (κ3) is 3.19. The Balaban J connectivity index is 3.00. The molecule has 1 rings (SSSR count). The van der Waals surface area contributed by atoms with Gasteiger partial charge in [-0.15, -0.1) is 0 Å². The van der Waals surface area contributed by atoms with Crippen molar-refractivity contribution in [2.45, 2.75) is 19.8 Å². The van der Waals surface area contributed by atoms with Gasteiger partial charge in [0.1, 0.15) is 11.3 Å². The van der Waals surface area contributed by atoms with E-state index >= 15 is 0 Å². The van der Waals surface area contributed by atoms with Gasteiger partial charge < -0.3 is 10.6 Å². The normalized spacial score (nSPS) is 9.89. The molecule has 0 aliphatic rings. The number of carbonyl (C=O) groups is 1. The van der Waals surface area contributed by atoms with E-state index in [4.69, 9.17) is 0 Å². The minimum Gasteiger partial charge on any atom is -0.383 e. The SMILES string of the molecule is CCCCNC(=O)c1cccc(NC)c1[N+](=O)[O-]. The second-order valence-electron chi connectivity index (χ2n) is 3.82. The fourth-order valence-electron chi connectivity index (χ4n) is 1.60. The number of nitrogens with one attached hydrogen (secondary N) is 2. The molecule has 6 nitrogen and oxygen atoms in total. The molecule has 18 heavy (non-hydrogen) atoms. The van der Waals surface area contributed by atoms with E-state index < -0.39 is 10.8 Å². The Hall–Kier alpha value is -2.11. The summed E-state index contributed by atoms with van der Waals surface area (Å²) in [5, 5.41) is 16.4. The third-order valence-electron chi connectivity index (χ3n) is 2.55. The van der Waals surface area contributed by atoms with E-state index in [0.29, 0.717) is 12.2 Å². The second-order valence-corrected chi connectivity index (χ2v) is 3.82. The summed E-state index contributed by atoms with van der Waals surface area (Å²) in [7, 11) is 1.58. The predicted octanol–water partition coefficient (Wildman–Crippen LogP) is 2.17. The molecule has 0 saturated carbocycles. The fourth-order valence-corrected chi connectivity index (χ4v) is 1.60. The minimum atomic E-state index is -0.541. The number of unbranched alkanes of at least 4 members (excludes halogenated alkanes) is 1. The van der Waals surface area contributed by atoms with Crippen molar-refractivity contribution in [3.05, 3.63) is 33.9 Å². The van der Waals surface area contributed by atoms with E-state index in [-0.39, 0.29) is 11.3 Å². The number of hydrogen-bond acceptors (Lipinski definition) is 4. The topological polar surface area (TPSA) is 84.3 Å². The maximum Gasteiger partial charge on any atom is 0.305 e. The average molecular weight is 251 g/mol. The van der Waals surface area contributed by atoms with Crippen LogP contribution in [0.15, 0.2) is 18.2 Å². The molecule has 1 aromatic rings. The maximum absolute atomic E-state index is 11.9. The minimum absolute atomic E-state index is 0.0861. The predicted molar refractivity (Wildman–Crippen MR) is 69.9 cm³/mol. The summed E-state index contributed by atoms with van der Waals surface area (Å²) in [6, 6.07) is 4.65. The highest BCUT2D eigenvalue weighted by atomic mass is 16.6. The van der Waals surface area contributed by atoms with Gasteiger partial charge in [-0.1, -0.05) is 19.4 Å². The van der Waals surface area contributed by atoms with E-state index in [1.165, 1.54) is 6.07 Å². The van der Waals surface area contributed by atoms with Crippen LogP contribution >= 0.6 is 0 Å². The Morgan fingerprint density at radius 2 is 2.17 bits per heavy atom. The Labute approximate surface area is 106 Å². The van der Waals surface area contributed by atoms with Crippen molar-refractivity contribution >= 4 is 17.3 Å². The Morgan fingerprint density at radius 3 is 2.72 bits per heavy atom. The first-order valence-electron chi connectivity index (χ1n) is 5.85. The number of hydrogen-bond donors (Lipinski definition) is 2. The molecule has 0 heterocycles. The van der Waals surface area contributed by atoms with Crippen LogP contribution in [0.5, 0.6) is 0 Å². The first kappa shape index (κ1) is 14.0. The highest BCUT2D eigenvalue weighted by molar-refractivity contribution is 6.00. The molecular weight excluding hydrogens is 234 g/mol. The molecule has 0 fully saturated rings. The van der Waals surface area contributed by atoms with Crippen molar-refractivity contribution in [1.29, 1.82) is 0 Å². The highest BCUT2D eigenvalue weighted by Gasteiger charge is 2.23. The monoisotopic (exact) mass is 251 g/mol. The standard InChI is InChI=1S/C12H17N3O3/c1-3-4-8-14-12(16)9-6-5-7-10(13-2)11(9)15(17)18/h5-7,13H,3-4,8H2,1-2H3,(H,14,16). The van der Waals surface area contributed by atoms with Gasteiger partial charge >= 0.3 is 5.69 Å². The van der Waals surface area contributed by atoms with Crippen LogP contribution in [0.4, 0.5) is 11.4 Å². The number of nitro groups is 1. The number of nitrogens with zero attached hydrogens (tertiary/aromatic N) is 1. The second kappa shape index (κ2) is 6.58. The summed E-state index contributed by atoms with van der Waals surface area (Å²) in [6.07, 6.45) is 1.81. The molecule has 0 radical (unpaired) electrons. The van der Waals surface area contributed by atoms with Gasteiger partial charge in [0.25, 0.3) is 5.91 Å². The molecule has 0 aromatic heterocycles. The van der Waals surface area contributed by atoms with Gasteiger partial charge in [0, 0.05) is 13.6 Å². The van der Waals surface area contributed by atoms with Crippen molar-refractivity contribution < 1.29 is 9.72 Å². The van der Waals surface area contributed by atoms with Gasteiger partial charge in [-0.25, -0.2) is 0 Å². The smallest absolute Gasteiger partial charge is 0.305 e. The summed E-state index contributed by atoms with van der Waals surface area (Å²) >= 11 is 0. The lowest BCUT2D eigenvalue weighted by atomic mass is 10.1.